The molecule has 1 saturated carbocycles. The number of nitrogens with one attached hydrogen (secondary N) is 1. The number of hydrogen-bond acceptors (Lipinski definition) is 3. The fourth-order valence-electron chi connectivity index (χ4n) is 3.37. The van der Waals surface area contributed by atoms with E-state index in [2.05, 4.69) is 28.2 Å². The molecule has 0 heterocycles. The average molecular weight is 356 g/mol. The van der Waals surface area contributed by atoms with Gasteiger partial charge in [-0.3, -0.25) is 0 Å². The molecule has 0 amide bonds. The standard InChI is InChI=1S/C17H26BrNO2/c1-2-16(15-9-14(18)7-8-17(15)21)19-10-12-5-3-4-6-13(12)11-20/h7-9,12-13,16,19-21H,2-6,10-11H2,1H3. The summed E-state index contributed by atoms with van der Waals surface area (Å²) >= 11 is 3.47. The Morgan fingerprint density at radius 1 is 1.29 bits per heavy atom. The molecule has 1 aliphatic carbocycles. The van der Waals surface area contributed by atoms with Crippen LogP contribution in [0.1, 0.15) is 50.6 Å². The largest absolute Gasteiger partial charge is 0.508 e. The third kappa shape index (κ3) is 4.44. The number of rotatable bonds is 6. The molecule has 0 radical (unpaired) electrons. The van der Waals surface area contributed by atoms with Gasteiger partial charge >= 0.3 is 0 Å². The van der Waals surface area contributed by atoms with Gasteiger partial charge in [-0.2, -0.15) is 0 Å². The third-order valence-electron chi connectivity index (χ3n) is 4.70. The minimum Gasteiger partial charge on any atom is -0.508 e. The first-order valence-electron chi connectivity index (χ1n) is 7.98. The molecule has 1 fully saturated rings. The van der Waals surface area contributed by atoms with Gasteiger partial charge in [0.2, 0.25) is 0 Å². The fraction of sp³-hybridized carbons (Fsp3) is 0.647. The minimum absolute atomic E-state index is 0.156. The summed E-state index contributed by atoms with van der Waals surface area (Å²) in [5.74, 6) is 1.33. The van der Waals surface area contributed by atoms with Crippen LogP contribution in [-0.2, 0) is 0 Å². The van der Waals surface area contributed by atoms with Crippen molar-refractivity contribution in [1.29, 1.82) is 0 Å². The molecule has 118 valence electrons. The number of halogens is 1. The summed E-state index contributed by atoms with van der Waals surface area (Å²) in [7, 11) is 0. The molecule has 1 aliphatic rings. The van der Waals surface area contributed by atoms with Crippen LogP contribution < -0.4 is 5.32 Å². The molecular formula is C17H26BrNO2. The van der Waals surface area contributed by atoms with Crippen molar-refractivity contribution in [2.45, 2.75) is 45.1 Å². The van der Waals surface area contributed by atoms with Gasteiger partial charge in [0.05, 0.1) is 0 Å². The van der Waals surface area contributed by atoms with E-state index in [0.29, 0.717) is 24.2 Å². The zero-order valence-corrected chi connectivity index (χ0v) is 14.3. The number of phenolic OH excluding ortho intramolecular Hbond substituents is 1. The molecule has 4 heteroatoms. The molecule has 0 aromatic heterocycles. The van der Waals surface area contributed by atoms with Crippen molar-refractivity contribution in [2.24, 2.45) is 11.8 Å². The van der Waals surface area contributed by atoms with Gasteiger partial charge in [-0.1, -0.05) is 35.7 Å². The predicted molar refractivity (Wildman–Crippen MR) is 89.4 cm³/mol. The van der Waals surface area contributed by atoms with Crippen molar-refractivity contribution in [3.63, 3.8) is 0 Å². The number of phenols is 1. The highest BCUT2D eigenvalue weighted by Crippen LogP contribution is 2.32. The first-order valence-corrected chi connectivity index (χ1v) is 8.77. The second kappa shape index (κ2) is 8.16. The Balaban J connectivity index is 2.00. The molecule has 0 saturated heterocycles. The van der Waals surface area contributed by atoms with Gasteiger partial charge in [-0.15, -0.1) is 0 Å². The molecule has 3 nitrogen and oxygen atoms in total. The lowest BCUT2D eigenvalue weighted by molar-refractivity contribution is 0.130. The molecule has 0 spiro atoms. The van der Waals surface area contributed by atoms with Gasteiger partial charge in [-0.05, 0) is 55.8 Å². The number of benzene rings is 1. The minimum atomic E-state index is 0.156. The quantitative estimate of drug-likeness (QED) is 0.722. The lowest BCUT2D eigenvalue weighted by Crippen LogP contribution is -2.34. The van der Waals surface area contributed by atoms with E-state index in [9.17, 15) is 10.2 Å². The smallest absolute Gasteiger partial charge is 0.120 e. The highest BCUT2D eigenvalue weighted by atomic mass is 79.9. The number of aliphatic hydroxyl groups is 1. The molecule has 0 bridgehead atoms. The van der Waals surface area contributed by atoms with Crippen LogP contribution in [0.3, 0.4) is 0 Å². The Bertz CT molecular complexity index is 452. The number of aromatic hydroxyl groups is 1. The zero-order valence-electron chi connectivity index (χ0n) is 12.7. The maximum absolute atomic E-state index is 10.1. The topological polar surface area (TPSA) is 52.5 Å². The first-order chi connectivity index (χ1) is 10.2. The van der Waals surface area contributed by atoms with Gasteiger partial charge in [0.1, 0.15) is 5.75 Å². The van der Waals surface area contributed by atoms with Crippen LogP contribution in [0.2, 0.25) is 0 Å². The number of hydrogen-bond donors (Lipinski definition) is 3. The van der Waals surface area contributed by atoms with Crippen LogP contribution >= 0.6 is 15.9 Å². The fourth-order valence-corrected chi connectivity index (χ4v) is 3.74. The second-order valence-corrected chi connectivity index (χ2v) is 6.98. The van der Waals surface area contributed by atoms with Crippen LogP contribution in [0.25, 0.3) is 0 Å². The molecule has 1 aromatic rings. The van der Waals surface area contributed by atoms with Gasteiger partial charge in [0, 0.05) is 22.7 Å². The van der Waals surface area contributed by atoms with E-state index in [1.807, 2.05) is 12.1 Å². The zero-order chi connectivity index (χ0) is 15.2. The second-order valence-electron chi connectivity index (χ2n) is 6.06. The summed E-state index contributed by atoms with van der Waals surface area (Å²) in [5.41, 5.74) is 0.947. The SMILES string of the molecule is CCC(NCC1CCCCC1CO)c1cc(Br)ccc1O. The Morgan fingerprint density at radius 3 is 2.67 bits per heavy atom. The van der Waals surface area contributed by atoms with E-state index in [4.69, 9.17) is 0 Å². The molecular weight excluding hydrogens is 330 g/mol. The summed E-state index contributed by atoms with van der Waals surface area (Å²) in [6.07, 6.45) is 5.77. The highest BCUT2D eigenvalue weighted by Gasteiger charge is 2.25. The molecule has 3 N–H and O–H groups in total. The summed E-state index contributed by atoms with van der Waals surface area (Å²) in [4.78, 5) is 0. The highest BCUT2D eigenvalue weighted by molar-refractivity contribution is 9.10. The van der Waals surface area contributed by atoms with Gasteiger partial charge < -0.3 is 15.5 Å². The lowest BCUT2D eigenvalue weighted by Gasteiger charge is -2.32. The molecule has 3 unspecified atom stereocenters. The molecule has 21 heavy (non-hydrogen) atoms. The van der Waals surface area contributed by atoms with E-state index >= 15 is 0 Å². The predicted octanol–water partition coefficient (Wildman–Crippen LogP) is 3.99. The average Bonchev–Trinajstić information content (AvgIpc) is 2.51. The van der Waals surface area contributed by atoms with Gasteiger partial charge in [0.25, 0.3) is 0 Å². The van der Waals surface area contributed by atoms with Gasteiger partial charge in [0.15, 0.2) is 0 Å². The van der Waals surface area contributed by atoms with E-state index in [1.165, 1.54) is 19.3 Å². The van der Waals surface area contributed by atoms with Crippen molar-refractivity contribution in [2.75, 3.05) is 13.2 Å². The van der Waals surface area contributed by atoms with Crippen LogP contribution in [0, 0.1) is 11.8 Å². The van der Waals surface area contributed by atoms with Crippen LogP contribution in [0.4, 0.5) is 0 Å². The summed E-state index contributed by atoms with van der Waals surface area (Å²) in [5, 5.41) is 23.2. The van der Waals surface area contributed by atoms with Crippen LogP contribution in [0.15, 0.2) is 22.7 Å². The summed E-state index contributed by atoms with van der Waals surface area (Å²) < 4.78 is 0.987. The molecule has 2 rings (SSSR count). The molecule has 0 aliphatic heterocycles. The van der Waals surface area contributed by atoms with Crippen molar-refractivity contribution in [1.82, 2.24) is 5.32 Å². The lowest BCUT2D eigenvalue weighted by atomic mass is 9.79. The van der Waals surface area contributed by atoms with E-state index in [1.54, 1.807) is 6.07 Å². The third-order valence-corrected chi connectivity index (χ3v) is 5.19. The Kier molecular flexibility index (Phi) is 6.52. The van der Waals surface area contributed by atoms with Gasteiger partial charge in [-0.25, -0.2) is 0 Å². The molecule has 3 atom stereocenters. The van der Waals surface area contributed by atoms with E-state index < -0.39 is 0 Å². The van der Waals surface area contributed by atoms with Crippen molar-refractivity contribution in [3.8, 4) is 5.75 Å². The first kappa shape index (κ1) is 16.8. The maximum Gasteiger partial charge on any atom is 0.120 e. The van der Waals surface area contributed by atoms with Crippen LogP contribution in [-0.4, -0.2) is 23.4 Å². The Morgan fingerprint density at radius 2 is 2.00 bits per heavy atom. The maximum atomic E-state index is 10.1. The molecule has 1 aromatic carbocycles. The Labute approximate surface area is 135 Å². The normalized spacial score (nSPS) is 24.0. The summed E-state index contributed by atoms with van der Waals surface area (Å²) in [6, 6.07) is 5.74. The Hall–Kier alpha value is -0.580. The monoisotopic (exact) mass is 355 g/mol. The summed E-state index contributed by atoms with van der Waals surface area (Å²) in [6.45, 7) is 3.34. The van der Waals surface area contributed by atoms with Crippen molar-refractivity contribution < 1.29 is 10.2 Å². The van der Waals surface area contributed by atoms with Crippen molar-refractivity contribution >= 4 is 15.9 Å². The number of aliphatic hydroxyl groups excluding tert-OH is 1. The van der Waals surface area contributed by atoms with Crippen LogP contribution in [0.5, 0.6) is 5.75 Å². The van der Waals surface area contributed by atoms with Crippen molar-refractivity contribution in [3.05, 3.63) is 28.2 Å². The van der Waals surface area contributed by atoms with E-state index in [-0.39, 0.29) is 6.04 Å². The van der Waals surface area contributed by atoms with E-state index in [0.717, 1.165) is 29.4 Å².